The highest BCUT2D eigenvalue weighted by molar-refractivity contribution is 6.06. The van der Waals surface area contributed by atoms with Crippen LogP contribution in [0.1, 0.15) is 27.7 Å². The van der Waals surface area contributed by atoms with Crippen molar-refractivity contribution in [2.45, 2.75) is 33.3 Å². The Bertz CT molecular complexity index is 328. The molecule has 4 heteroatoms. The largest absolute Gasteiger partial charge is 0.464 e. The van der Waals surface area contributed by atoms with Crippen molar-refractivity contribution < 1.29 is 19.1 Å². The maximum absolute atomic E-state index is 11.9. The zero-order valence-corrected chi connectivity index (χ0v) is 9.49. The number of carbonyl (C=O) groups excluding carboxylic acids is 2. The van der Waals surface area contributed by atoms with Gasteiger partial charge in [0.2, 0.25) is 0 Å². The van der Waals surface area contributed by atoms with Crippen LogP contribution in [0, 0.1) is 17.3 Å². The summed E-state index contributed by atoms with van der Waals surface area (Å²) in [5.41, 5.74) is -1.53. The molecule has 2 fully saturated rings. The maximum atomic E-state index is 11.9. The molecule has 2 aliphatic rings. The van der Waals surface area contributed by atoms with Crippen LogP contribution in [0.5, 0.6) is 0 Å². The van der Waals surface area contributed by atoms with Gasteiger partial charge in [-0.3, -0.25) is 9.59 Å². The fourth-order valence-electron chi connectivity index (χ4n) is 2.33. The van der Waals surface area contributed by atoms with Crippen molar-refractivity contribution in [1.82, 2.24) is 0 Å². The summed E-state index contributed by atoms with van der Waals surface area (Å²) in [5, 5.41) is 0. The van der Waals surface area contributed by atoms with E-state index in [1.54, 1.807) is 20.8 Å². The molecule has 0 N–H and O–H groups in total. The lowest BCUT2D eigenvalue weighted by Gasteiger charge is -2.22. The van der Waals surface area contributed by atoms with E-state index >= 15 is 0 Å². The van der Waals surface area contributed by atoms with Crippen LogP contribution in [0.3, 0.4) is 0 Å². The minimum atomic E-state index is -0.979. The summed E-state index contributed by atoms with van der Waals surface area (Å²) in [6.07, 6.45) is 0. The Kier molecular flexibility index (Phi) is 1.91. The van der Waals surface area contributed by atoms with Crippen LogP contribution in [0.25, 0.3) is 0 Å². The zero-order valence-electron chi connectivity index (χ0n) is 9.49. The Hall–Kier alpha value is -1.06. The van der Waals surface area contributed by atoms with E-state index in [0.29, 0.717) is 6.61 Å². The van der Waals surface area contributed by atoms with E-state index in [2.05, 4.69) is 0 Å². The molecule has 3 atom stereocenters. The molecule has 0 aromatic heterocycles. The molecule has 3 unspecified atom stereocenters. The van der Waals surface area contributed by atoms with E-state index in [4.69, 9.17) is 9.47 Å². The minimum Gasteiger partial charge on any atom is -0.464 e. The molecule has 0 aromatic carbocycles. The van der Waals surface area contributed by atoms with E-state index in [0.717, 1.165) is 0 Å². The molecule has 2 rings (SSSR count). The molecule has 0 bridgehead atoms. The number of hydrogen-bond acceptors (Lipinski definition) is 4. The lowest BCUT2D eigenvalue weighted by Crippen LogP contribution is -2.34. The Balaban J connectivity index is 2.17. The normalized spacial score (nSPS) is 38.3. The topological polar surface area (TPSA) is 52.6 Å². The van der Waals surface area contributed by atoms with Crippen LogP contribution in [0.2, 0.25) is 0 Å². The first-order valence-electron chi connectivity index (χ1n) is 5.21. The second kappa shape index (κ2) is 2.74. The average molecular weight is 212 g/mol. The first-order chi connectivity index (χ1) is 6.80. The van der Waals surface area contributed by atoms with Gasteiger partial charge in [0.25, 0.3) is 0 Å². The summed E-state index contributed by atoms with van der Waals surface area (Å²) < 4.78 is 10.2. The van der Waals surface area contributed by atoms with Crippen molar-refractivity contribution in [1.29, 1.82) is 0 Å². The van der Waals surface area contributed by atoms with Gasteiger partial charge in [0.1, 0.15) is 5.60 Å². The maximum Gasteiger partial charge on any atom is 0.324 e. The van der Waals surface area contributed by atoms with Gasteiger partial charge in [-0.25, -0.2) is 0 Å². The van der Waals surface area contributed by atoms with Crippen molar-refractivity contribution in [3.8, 4) is 0 Å². The first kappa shape index (κ1) is 10.5. The van der Waals surface area contributed by atoms with Gasteiger partial charge < -0.3 is 9.47 Å². The molecule has 1 aliphatic heterocycles. The number of ether oxygens (including phenoxy) is 2. The Morgan fingerprint density at radius 1 is 1.53 bits per heavy atom. The van der Waals surface area contributed by atoms with E-state index in [1.807, 2.05) is 6.92 Å². The number of cyclic esters (lactones) is 1. The highest BCUT2D eigenvalue weighted by Crippen LogP contribution is 2.63. The Labute approximate surface area is 88.9 Å². The highest BCUT2D eigenvalue weighted by atomic mass is 16.6. The number of esters is 2. The minimum absolute atomic E-state index is 0.0276. The van der Waals surface area contributed by atoms with Crippen LogP contribution in [-0.4, -0.2) is 24.1 Å². The van der Waals surface area contributed by atoms with Gasteiger partial charge in [0.15, 0.2) is 5.41 Å². The molecule has 1 saturated heterocycles. The standard InChI is InChI=1S/C11H16O4/c1-6-7-5-14-8(12)11(6,7)9(13)15-10(2,3)4/h6-7H,5H2,1-4H3. The molecule has 1 heterocycles. The molecule has 84 valence electrons. The third-order valence-electron chi connectivity index (χ3n) is 3.27. The Morgan fingerprint density at radius 2 is 2.13 bits per heavy atom. The zero-order chi connectivity index (χ0) is 11.4. The van der Waals surface area contributed by atoms with E-state index in [-0.39, 0.29) is 11.8 Å². The fourth-order valence-corrected chi connectivity index (χ4v) is 2.33. The van der Waals surface area contributed by atoms with E-state index in [9.17, 15) is 9.59 Å². The van der Waals surface area contributed by atoms with Crippen LogP contribution in [0.4, 0.5) is 0 Å². The molecule has 1 aliphatic carbocycles. The molecule has 0 amide bonds. The summed E-state index contributed by atoms with van der Waals surface area (Å²) in [4.78, 5) is 23.5. The molecule has 0 aromatic rings. The van der Waals surface area contributed by atoms with Crippen molar-refractivity contribution in [2.75, 3.05) is 6.61 Å². The second-order valence-electron chi connectivity index (χ2n) is 5.36. The summed E-state index contributed by atoms with van der Waals surface area (Å²) in [5.74, 6) is -0.738. The van der Waals surface area contributed by atoms with Crippen molar-refractivity contribution in [2.24, 2.45) is 17.3 Å². The van der Waals surface area contributed by atoms with Gasteiger partial charge in [0.05, 0.1) is 6.61 Å². The SMILES string of the molecule is CC1C2COC(=O)C12C(=O)OC(C)(C)C. The van der Waals surface area contributed by atoms with Crippen molar-refractivity contribution >= 4 is 11.9 Å². The third-order valence-corrected chi connectivity index (χ3v) is 3.27. The summed E-state index contributed by atoms with van der Waals surface area (Å²) in [6, 6.07) is 0. The third kappa shape index (κ3) is 1.27. The van der Waals surface area contributed by atoms with Gasteiger partial charge in [-0.15, -0.1) is 0 Å². The van der Waals surface area contributed by atoms with Gasteiger partial charge in [-0.1, -0.05) is 6.92 Å². The summed E-state index contributed by atoms with van der Waals surface area (Å²) >= 11 is 0. The predicted molar refractivity (Wildman–Crippen MR) is 51.9 cm³/mol. The van der Waals surface area contributed by atoms with E-state index in [1.165, 1.54) is 0 Å². The van der Waals surface area contributed by atoms with Gasteiger partial charge in [-0.2, -0.15) is 0 Å². The Morgan fingerprint density at radius 3 is 2.53 bits per heavy atom. The molecular formula is C11H16O4. The van der Waals surface area contributed by atoms with Crippen molar-refractivity contribution in [3.63, 3.8) is 0 Å². The van der Waals surface area contributed by atoms with Crippen LogP contribution in [-0.2, 0) is 19.1 Å². The molecule has 0 spiro atoms. The highest BCUT2D eigenvalue weighted by Gasteiger charge is 2.78. The molecular weight excluding hydrogens is 196 g/mol. The summed E-state index contributed by atoms with van der Waals surface area (Å²) in [7, 11) is 0. The number of carbonyl (C=O) groups is 2. The van der Waals surface area contributed by atoms with Gasteiger partial charge in [0, 0.05) is 5.92 Å². The smallest absolute Gasteiger partial charge is 0.324 e. The van der Waals surface area contributed by atoms with Gasteiger partial charge in [-0.05, 0) is 26.7 Å². The number of rotatable bonds is 1. The first-order valence-corrected chi connectivity index (χ1v) is 5.21. The molecule has 0 radical (unpaired) electrons. The van der Waals surface area contributed by atoms with Crippen molar-refractivity contribution in [3.05, 3.63) is 0 Å². The van der Waals surface area contributed by atoms with Crippen LogP contribution < -0.4 is 0 Å². The number of hydrogen-bond donors (Lipinski definition) is 0. The monoisotopic (exact) mass is 212 g/mol. The molecule has 1 saturated carbocycles. The average Bonchev–Trinajstić information content (AvgIpc) is 2.45. The van der Waals surface area contributed by atoms with Gasteiger partial charge >= 0.3 is 11.9 Å². The summed E-state index contributed by atoms with van der Waals surface area (Å²) in [6.45, 7) is 7.64. The lowest BCUT2D eigenvalue weighted by molar-refractivity contribution is -0.169. The predicted octanol–water partition coefficient (Wildman–Crippen LogP) is 1.14. The molecule has 4 nitrogen and oxygen atoms in total. The fraction of sp³-hybridized carbons (Fsp3) is 0.818. The molecule has 15 heavy (non-hydrogen) atoms. The lowest BCUT2D eigenvalue weighted by atomic mass is 10.0. The second-order valence-corrected chi connectivity index (χ2v) is 5.36. The van der Waals surface area contributed by atoms with Crippen LogP contribution in [0.15, 0.2) is 0 Å². The van der Waals surface area contributed by atoms with Crippen LogP contribution >= 0.6 is 0 Å². The number of fused-ring (bicyclic) bond motifs is 1. The van der Waals surface area contributed by atoms with E-state index < -0.39 is 23.0 Å². The quantitative estimate of drug-likeness (QED) is 0.483.